The third-order valence-electron chi connectivity index (χ3n) is 2.52. The second-order valence-electron chi connectivity index (χ2n) is 4.85. The number of ether oxygens (including phenoxy) is 2. The van der Waals surface area contributed by atoms with Gasteiger partial charge >= 0.3 is 5.97 Å². The van der Waals surface area contributed by atoms with E-state index in [0.29, 0.717) is 6.61 Å². The van der Waals surface area contributed by atoms with Crippen LogP contribution in [0.5, 0.6) is 0 Å². The van der Waals surface area contributed by atoms with Crippen LogP contribution >= 0.6 is 0 Å². The first-order valence-electron chi connectivity index (χ1n) is 5.75. The maximum absolute atomic E-state index is 13.8. The van der Waals surface area contributed by atoms with Crippen LogP contribution in [0.4, 0.5) is 15.8 Å². The summed E-state index contributed by atoms with van der Waals surface area (Å²) in [6.07, 6.45) is 0. The summed E-state index contributed by atoms with van der Waals surface area (Å²) in [7, 11) is 2.80. The minimum Gasteiger partial charge on any atom is -0.465 e. The molecule has 5 nitrogen and oxygen atoms in total. The molecule has 0 bridgehead atoms. The normalized spacial score (nSPS) is 11.2. The molecule has 1 aromatic carbocycles. The lowest BCUT2D eigenvalue weighted by atomic mass is 10.1. The predicted molar refractivity (Wildman–Crippen MR) is 71.7 cm³/mol. The van der Waals surface area contributed by atoms with Crippen molar-refractivity contribution in [2.45, 2.75) is 19.4 Å². The summed E-state index contributed by atoms with van der Waals surface area (Å²) in [5.74, 6) is -1.14. The van der Waals surface area contributed by atoms with Crippen molar-refractivity contribution in [2.24, 2.45) is 0 Å². The average Bonchev–Trinajstić information content (AvgIpc) is 2.31. The summed E-state index contributed by atoms with van der Waals surface area (Å²) in [4.78, 5) is 11.5. The van der Waals surface area contributed by atoms with Crippen molar-refractivity contribution in [3.8, 4) is 0 Å². The second kappa shape index (κ2) is 5.88. The molecule has 6 heteroatoms. The Kier molecular flexibility index (Phi) is 4.72. The summed E-state index contributed by atoms with van der Waals surface area (Å²) < 4.78 is 23.5. The fraction of sp³-hybridized carbons (Fsp3) is 0.462. The number of anilines is 2. The van der Waals surface area contributed by atoms with Gasteiger partial charge in [0.05, 0.1) is 30.5 Å². The van der Waals surface area contributed by atoms with Crippen molar-refractivity contribution in [3.63, 3.8) is 0 Å². The molecule has 19 heavy (non-hydrogen) atoms. The molecule has 0 aliphatic carbocycles. The first-order valence-corrected chi connectivity index (χ1v) is 5.75. The maximum Gasteiger partial charge on any atom is 0.340 e. The van der Waals surface area contributed by atoms with Crippen LogP contribution in [-0.2, 0) is 9.47 Å². The van der Waals surface area contributed by atoms with Crippen molar-refractivity contribution in [3.05, 3.63) is 23.5 Å². The highest BCUT2D eigenvalue weighted by Crippen LogP contribution is 2.25. The van der Waals surface area contributed by atoms with E-state index in [1.807, 2.05) is 13.8 Å². The van der Waals surface area contributed by atoms with Gasteiger partial charge in [0.15, 0.2) is 0 Å². The molecular formula is C13H19FN2O3. The number of esters is 1. The van der Waals surface area contributed by atoms with E-state index in [1.54, 1.807) is 7.11 Å². The Morgan fingerprint density at radius 1 is 1.42 bits per heavy atom. The largest absolute Gasteiger partial charge is 0.465 e. The van der Waals surface area contributed by atoms with Crippen LogP contribution in [0.3, 0.4) is 0 Å². The van der Waals surface area contributed by atoms with Crippen LogP contribution < -0.4 is 11.1 Å². The molecule has 0 aromatic heterocycles. The number of nitrogens with two attached hydrogens (primary N) is 1. The molecule has 106 valence electrons. The van der Waals surface area contributed by atoms with E-state index in [9.17, 15) is 9.18 Å². The van der Waals surface area contributed by atoms with Crippen molar-refractivity contribution >= 4 is 17.3 Å². The summed E-state index contributed by atoms with van der Waals surface area (Å²) in [6, 6.07) is 2.44. The highest BCUT2D eigenvalue weighted by atomic mass is 19.1. The lowest BCUT2D eigenvalue weighted by Crippen LogP contribution is -2.36. The quantitative estimate of drug-likeness (QED) is 0.632. The Labute approximate surface area is 111 Å². The summed E-state index contributed by atoms with van der Waals surface area (Å²) in [6.45, 7) is 4.08. The van der Waals surface area contributed by atoms with Crippen LogP contribution in [-0.4, -0.2) is 32.3 Å². The number of halogens is 1. The van der Waals surface area contributed by atoms with Crippen molar-refractivity contribution in [1.29, 1.82) is 0 Å². The summed E-state index contributed by atoms with van der Waals surface area (Å²) >= 11 is 0. The zero-order chi connectivity index (χ0) is 14.6. The standard InChI is InChI=1S/C13H19FN2O3/c1-13(2,7-18-3)16-11-5-8(12(17)19-4)10(15)6-9(11)14/h5-6,16H,7,15H2,1-4H3. The third kappa shape index (κ3) is 3.82. The van der Waals surface area contributed by atoms with Crippen LogP contribution in [0.25, 0.3) is 0 Å². The van der Waals surface area contributed by atoms with E-state index in [2.05, 4.69) is 10.1 Å². The number of benzene rings is 1. The Hall–Kier alpha value is -1.82. The number of hydrogen-bond acceptors (Lipinski definition) is 5. The van der Waals surface area contributed by atoms with Crippen molar-refractivity contribution in [2.75, 3.05) is 31.9 Å². The van der Waals surface area contributed by atoms with Gasteiger partial charge in [-0.05, 0) is 26.0 Å². The topological polar surface area (TPSA) is 73.6 Å². The van der Waals surface area contributed by atoms with Gasteiger partial charge < -0.3 is 20.5 Å². The van der Waals surface area contributed by atoms with Gasteiger partial charge in [0.25, 0.3) is 0 Å². The van der Waals surface area contributed by atoms with Crippen LogP contribution in [0, 0.1) is 5.82 Å². The van der Waals surface area contributed by atoms with Crippen LogP contribution in [0.2, 0.25) is 0 Å². The Morgan fingerprint density at radius 3 is 2.58 bits per heavy atom. The van der Waals surface area contributed by atoms with Gasteiger partial charge in [-0.25, -0.2) is 9.18 Å². The van der Waals surface area contributed by atoms with Crippen molar-refractivity contribution in [1.82, 2.24) is 0 Å². The van der Waals surface area contributed by atoms with Gasteiger partial charge in [0.1, 0.15) is 5.82 Å². The number of methoxy groups -OCH3 is 2. The number of nitrogen functional groups attached to an aromatic ring is 1. The molecule has 0 unspecified atom stereocenters. The molecule has 0 saturated carbocycles. The van der Waals surface area contributed by atoms with E-state index in [0.717, 1.165) is 6.07 Å². The molecule has 0 spiro atoms. The van der Waals surface area contributed by atoms with Gasteiger partial charge in [-0.3, -0.25) is 0 Å². The molecule has 0 aliphatic heterocycles. The minimum absolute atomic E-state index is 0.0412. The fourth-order valence-electron chi connectivity index (χ4n) is 1.73. The Morgan fingerprint density at radius 2 is 2.05 bits per heavy atom. The van der Waals surface area contributed by atoms with Gasteiger partial charge in [-0.2, -0.15) is 0 Å². The number of carbonyl (C=O) groups is 1. The molecule has 1 aromatic rings. The number of hydrogen-bond donors (Lipinski definition) is 2. The number of carbonyl (C=O) groups excluding carboxylic acids is 1. The molecule has 0 amide bonds. The highest BCUT2D eigenvalue weighted by molar-refractivity contribution is 5.96. The lowest BCUT2D eigenvalue weighted by molar-refractivity contribution is 0.0602. The zero-order valence-electron chi connectivity index (χ0n) is 11.5. The Bertz CT molecular complexity index is 475. The van der Waals surface area contributed by atoms with Crippen LogP contribution in [0.1, 0.15) is 24.2 Å². The summed E-state index contributed by atoms with van der Waals surface area (Å²) in [5.41, 5.74) is 5.45. The molecule has 0 heterocycles. The van der Waals surface area contributed by atoms with Crippen LogP contribution in [0.15, 0.2) is 12.1 Å². The predicted octanol–water partition coefficient (Wildman–Crippen LogP) is 2.03. The van der Waals surface area contributed by atoms with E-state index >= 15 is 0 Å². The van der Waals surface area contributed by atoms with Gasteiger partial charge in [0, 0.05) is 12.8 Å². The Balaban J connectivity index is 3.11. The minimum atomic E-state index is -0.606. The lowest BCUT2D eigenvalue weighted by Gasteiger charge is -2.27. The molecule has 3 N–H and O–H groups in total. The monoisotopic (exact) mass is 270 g/mol. The molecule has 0 aliphatic rings. The van der Waals surface area contributed by atoms with Gasteiger partial charge in [-0.15, -0.1) is 0 Å². The van der Waals surface area contributed by atoms with Gasteiger partial charge in [0.2, 0.25) is 0 Å². The van der Waals surface area contributed by atoms with E-state index < -0.39 is 17.3 Å². The molecule has 1 rings (SSSR count). The van der Waals surface area contributed by atoms with E-state index in [4.69, 9.17) is 10.5 Å². The molecule has 0 fully saturated rings. The highest BCUT2D eigenvalue weighted by Gasteiger charge is 2.21. The molecule has 0 radical (unpaired) electrons. The van der Waals surface area contributed by atoms with E-state index in [-0.39, 0.29) is 16.9 Å². The molecular weight excluding hydrogens is 251 g/mol. The number of nitrogens with one attached hydrogen (secondary N) is 1. The van der Waals surface area contributed by atoms with E-state index in [1.165, 1.54) is 13.2 Å². The summed E-state index contributed by atoms with van der Waals surface area (Å²) in [5, 5.41) is 2.97. The maximum atomic E-state index is 13.8. The molecule has 0 saturated heterocycles. The van der Waals surface area contributed by atoms with Gasteiger partial charge in [-0.1, -0.05) is 0 Å². The number of rotatable bonds is 5. The smallest absolute Gasteiger partial charge is 0.340 e. The fourth-order valence-corrected chi connectivity index (χ4v) is 1.73. The average molecular weight is 270 g/mol. The second-order valence-corrected chi connectivity index (χ2v) is 4.85. The third-order valence-corrected chi connectivity index (χ3v) is 2.52. The van der Waals surface area contributed by atoms with Crippen molar-refractivity contribution < 1.29 is 18.7 Å². The zero-order valence-corrected chi connectivity index (χ0v) is 11.5. The molecule has 0 atom stereocenters. The SMILES string of the molecule is COCC(C)(C)Nc1cc(C(=O)OC)c(N)cc1F. The first-order chi connectivity index (χ1) is 8.80. The first kappa shape index (κ1) is 15.2.